The molecule has 0 aliphatic carbocycles. The number of nitrogens with one attached hydrogen (secondary N) is 1. The molecule has 0 unspecified atom stereocenters. The van der Waals surface area contributed by atoms with E-state index in [0.29, 0.717) is 34.3 Å². The summed E-state index contributed by atoms with van der Waals surface area (Å²) in [5.74, 6) is 0.0854. The lowest BCUT2D eigenvalue weighted by atomic mass is 9.96. The van der Waals surface area contributed by atoms with Crippen molar-refractivity contribution in [2.24, 2.45) is 12.0 Å². The van der Waals surface area contributed by atoms with Gasteiger partial charge in [-0.3, -0.25) is 9.79 Å². The zero-order valence-electron chi connectivity index (χ0n) is 16.9. The topological polar surface area (TPSA) is 86.9 Å². The van der Waals surface area contributed by atoms with Crippen molar-refractivity contribution in [3.63, 3.8) is 0 Å². The summed E-state index contributed by atoms with van der Waals surface area (Å²) >= 11 is 0. The summed E-state index contributed by atoms with van der Waals surface area (Å²) in [6.07, 6.45) is 0.313. The largest absolute Gasteiger partial charge is 0.508 e. The predicted molar refractivity (Wildman–Crippen MR) is 123 cm³/mol. The number of fused-ring (bicyclic) bond motifs is 2. The molecule has 0 spiro atoms. The van der Waals surface area contributed by atoms with Crippen LogP contribution in [0.3, 0.4) is 0 Å². The van der Waals surface area contributed by atoms with Gasteiger partial charge < -0.3 is 20.1 Å². The first-order valence-electron chi connectivity index (χ1n) is 10.1. The molecule has 3 aromatic carbocycles. The highest BCUT2D eigenvalue weighted by molar-refractivity contribution is 6.09. The van der Waals surface area contributed by atoms with Crippen LogP contribution in [-0.2, 0) is 7.05 Å². The minimum absolute atomic E-state index is 0.0761. The van der Waals surface area contributed by atoms with Gasteiger partial charge in [0.15, 0.2) is 0 Å². The van der Waals surface area contributed by atoms with Gasteiger partial charge in [-0.05, 0) is 30.3 Å². The smallest absolute Gasteiger partial charge is 0.263 e. The normalized spacial score (nSPS) is 15.6. The number of hydrogen-bond acceptors (Lipinski definition) is 5. The number of aromatic nitrogens is 1. The number of aromatic hydroxyl groups is 2. The SMILES string of the molecule is Cn1c(=O)c(C2=Nc3ccccc3N[C@@H](c3ccccc3O)C2)c(O)c2ccccc21. The maximum absolute atomic E-state index is 13.3. The van der Waals surface area contributed by atoms with Gasteiger partial charge in [0, 0.05) is 24.4 Å². The fraction of sp³-hybridized carbons (Fsp3) is 0.120. The Kier molecular flexibility index (Phi) is 4.47. The molecule has 4 aromatic rings. The molecular formula is C25H21N3O3. The number of phenolic OH excluding ortho intramolecular Hbond substituents is 1. The first-order valence-corrected chi connectivity index (χ1v) is 10.1. The van der Waals surface area contributed by atoms with Crippen molar-refractivity contribution in [1.29, 1.82) is 0 Å². The highest BCUT2D eigenvalue weighted by Crippen LogP contribution is 2.39. The summed E-state index contributed by atoms with van der Waals surface area (Å²) in [6.45, 7) is 0. The van der Waals surface area contributed by atoms with E-state index in [1.54, 1.807) is 31.3 Å². The molecule has 31 heavy (non-hydrogen) atoms. The first-order chi connectivity index (χ1) is 15.0. The number of para-hydroxylation sites is 4. The van der Waals surface area contributed by atoms with E-state index in [2.05, 4.69) is 5.32 Å². The van der Waals surface area contributed by atoms with Crippen LogP contribution in [0.2, 0.25) is 0 Å². The lowest BCUT2D eigenvalue weighted by molar-refractivity contribution is 0.464. The Balaban J connectivity index is 1.76. The lowest BCUT2D eigenvalue weighted by Gasteiger charge is -2.20. The number of rotatable bonds is 2. The van der Waals surface area contributed by atoms with Crippen LogP contribution in [0.15, 0.2) is 82.6 Å². The van der Waals surface area contributed by atoms with Gasteiger partial charge >= 0.3 is 0 Å². The number of anilines is 1. The third kappa shape index (κ3) is 3.13. The van der Waals surface area contributed by atoms with Crippen LogP contribution in [0.5, 0.6) is 11.5 Å². The number of aryl methyl sites for hydroxylation is 1. The summed E-state index contributed by atoms with van der Waals surface area (Å²) in [5.41, 5.74) is 3.15. The van der Waals surface area contributed by atoms with Gasteiger partial charge in [0.05, 0.1) is 28.6 Å². The van der Waals surface area contributed by atoms with Crippen molar-refractivity contribution in [2.45, 2.75) is 12.5 Å². The lowest BCUT2D eigenvalue weighted by Crippen LogP contribution is -2.26. The highest BCUT2D eigenvalue weighted by atomic mass is 16.3. The third-order valence-corrected chi connectivity index (χ3v) is 5.76. The minimum atomic E-state index is -0.334. The number of nitrogens with zero attached hydrogens (tertiary/aromatic N) is 2. The van der Waals surface area contributed by atoms with E-state index in [4.69, 9.17) is 4.99 Å². The molecule has 154 valence electrons. The average molecular weight is 411 g/mol. The predicted octanol–water partition coefficient (Wildman–Crippen LogP) is 4.63. The van der Waals surface area contributed by atoms with Crippen molar-refractivity contribution in [1.82, 2.24) is 4.57 Å². The molecule has 0 amide bonds. The van der Waals surface area contributed by atoms with Gasteiger partial charge in [0.1, 0.15) is 17.1 Å². The number of phenols is 1. The molecule has 1 atom stereocenters. The number of pyridine rings is 1. The average Bonchev–Trinajstić information content (AvgIpc) is 2.97. The summed E-state index contributed by atoms with van der Waals surface area (Å²) in [7, 11) is 1.69. The molecule has 6 heteroatoms. The maximum Gasteiger partial charge on any atom is 0.263 e. The van der Waals surface area contributed by atoms with Crippen LogP contribution in [-0.4, -0.2) is 20.5 Å². The number of benzene rings is 3. The zero-order valence-corrected chi connectivity index (χ0v) is 16.9. The van der Waals surface area contributed by atoms with E-state index in [1.165, 1.54) is 4.57 Å². The van der Waals surface area contributed by atoms with Crippen molar-refractivity contribution < 1.29 is 10.2 Å². The summed E-state index contributed by atoms with van der Waals surface area (Å²) in [5, 5.41) is 25.6. The van der Waals surface area contributed by atoms with Gasteiger partial charge in [-0.2, -0.15) is 0 Å². The summed E-state index contributed by atoms with van der Waals surface area (Å²) < 4.78 is 1.53. The van der Waals surface area contributed by atoms with Gasteiger partial charge in [-0.1, -0.05) is 42.5 Å². The number of aliphatic imine (C=N–C) groups is 1. The van der Waals surface area contributed by atoms with E-state index >= 15 is 0 Å². The van der Waals surface area contributed by atoms with E-state index in [0.717, 1.165) is 5.69 Å². The highest BCUT2D eigenvalue weighted by Gasteiger charge is 2.27. The van der Waals surface area contributed by atoms with E-state index in [1.807, 2.05) is 48.5 Å². The molecule has 0 saturated carbocycles. The van der Waals surface area contributed by atoms with Crippen LogP contribution in [0.4, 0.5) is 11.4 Å². The Bertz CT molecular complexity index is 1410. The van der Waals surface area contributed by atoms with Crippen molar-refractivity contribution in [3.05, 3.63) is 94.3 Å². The van der Waals surface area contributed by atoms with E-state index in [-0.39, 0.29) is 28.7 Å². The van der Waals surface area contributed by atoms with Crippen molar-refractivity contribution in [2.75, 3.05) is 5.32 Å². The molecule has 1 aliphatic rings. The molecule has 0 fully saturated rings. The van der Waals surface area contributed by atoms with Gasteiger partial charge in [0.25, 0.3) is 5.56 Å². The summed E-state index contributed by atoms with van der Waals surface area (Å²) in [6, 6.07) is 21.6. The quantitative estimate of drug-likeness (QED) is 0.449. The number of hydrogen-bond donors (Lipinski definition) is 3. The minimum Gasteiger partial charge on any atom is -0.508 e. The Morgan fingerprint density at radius 2 is 1.68 bits per heavy atom. The fourth-order valence-electron chi connectivity index (χ4n) is 4.18. The van der Waals surface area contributed by atoms with Crippen molar-refractivity contribution >= 4 is 28.0 Å². The van der Waals surface area contributed by atoms with Crippen molar-refractivity contribution in [3.8, 4) is 11.5 Å². The van der Waals surface area contributed by atoms with Gasteiger partial charge in [-0.25, -0.2) is 0 Å². The molecule has 0 bridgehead atoms. The van der Waals surface area contributed by atoms with E-state index < -0.39 is 0 Å². The van der Waals surface area contributed by atoms with Crippen LogP contribution in [0, 0.1) is 0 Å². The molecule has 0 radical (unpaired) electrons. The van der Waals surface area contributed by atoms with Crippen LogP contribution in [0.25, 0.3) is 10.9 Å². The Morgan fingerprint density at radius 3 is 2.52 bits per heavy atom. The van der Waals surface area contributed by atoms with E-state index in [9.17, 15) is 15.0 Å². The molecule has 1 aliphatic heterocycles. The maximum atomic E-state index is 13.3. The fourth-order valence-corrected chi connectivity index (χ4v) is 4.18. The Morgan fingerprint density at radius 1 is 0.968 bits per heavy atom. The molecule has 6 nitrogen and oxygen atoms in total. The molecule has 0 saturated heterocycles. The second-order valence-electron chi connectivity index (χ2n) is 7.64. The summed E-state index contributed by atoms with van der Waals surface area (Å²) in [4.78, 5) is 18.1. The first kappa shape index (κ1) is 18.9. The van der Waals surface area contributed by atoms with Gasteiger partial charge in [-0.15, -0.1) is 0 Å². The second-order valence-corrected chi connectivity index (χ2v) is 7.64. The molecule has 3 N–H and O–H groups in total. The standard InChI is InChI=1S/C25H21N3O3/c1-28-21-12-6-2-9-16(21)24(30)23(25(28)31)20-14-19(15-8-3-7-13-22(15)29)26-17-10-4-5-11-18(17)27-20/h2-13,19,26,29-30H,14H2,1H3/t19-/m1/s1. The Labute approximate surface area is 178 Å². The monoisotopic (exact) mass is 411 g/mol. The molecule has 5 rings (SSSR count). The third-order valence-electron chi connectivity index (χ3n) is 5.76. The molecule has 1 aromatic heterocycles. The molecular weight excluding hydrogens is 390 g/mol. The van der Waals surface area contributed by atoms with Gasteiger partial charge in [0.2, 0.25) is 0 Å². The zero-order chi connectivity index (χ0) is 21.5. The Hall–Kier alpha value is -4.06. The second kappa shape index (κ2) is 7.32. The van der Waals surface area contributed by atoms with Crippen LogP contribution in [0.1, 0.15) is 23.6 Å². The van der Waals surface area contributed by atoms with Crippen LogP contribution >= 0.6 is 0 Å². The molecule has 2 heterocycles. The van der Waals surface area contributed by atoms with Crippen LogP contribution < -0.4 is 10.9 Å².